The Morgan fingerprint density at radius 3 is 1.49 bits per heavy atom. The van der Waals surface area contributed by atoms with Crippen LogP contribution in [0.5, 0.6) is 0 Å². The first kappa shape index (κ1) is 27.5. The molecule has 0 saturated heterocycles. The largest absolute Gasteiger partial charge is 0.309 e. The molecular weight excluding hydrogens is 617 g/mol. The summed E-state index contributed by atoms with van der Waals surface area (Å²) in [4.78, 5) is 0. The molecule has 0 saturated carbocycles. The summed E-state index contributed by atoms with van der Waals surface area (Å²) in [5.74, 6) is 0. The SMILES string of the molecule is N#Cc1cc(-n2c3ccccc3c3ccccc32)ccc1-c1ccc(-n2c3ccccc3c3ccc4c5ccccc5sc4c32)cc1C#N. The minimum atomic E-state index is 0.521. The molecule has 49 heavy (non-hydrogen) atoms. The van der Waals surface area contributed by atoms with Crippen molar-refractivity contribution < 1.29 is 0 Å². The third kappa shape index (κ3) is 3.88. The van der Waals surface area contributed by atoms with Crippen molar-refractivity contribution in [3.05, 3.63) is 157 Å². The van der Waals surface area contributed by atoms with Crippen LogP contribution in [0.2, 0.25) is 0 Å². The molecule has 0 aliphatic heterocycles. The molecule has 5 heteroatoms. The van der Waals surface area contributed by atoms with E-state index in [0.29, 0.717) is 11.1 Å². The lowest BCUT2D eigenvalue weighted by atomic mass is 9.95. The van der Waals surface area contributed by atoms with Crippen molar-refractivity contribution in [3.8, 4) is 34.6 Å². The van der Waals surface area contributed by atoms with E-state index in [1.54, 1.807) is 0 Å². The van der Waals surface area contributed by atoms with Crippen molar-refractivity contribution in [2.75, 3.05) is 0 Å². The number of nitriles is 2. The number of rotatable bonds is 3. The number of fused-ring (bicyclic) bond motifs is 10. The van der Waals surface area contributed by atoms with Crippen LogP contribution in [0, 0.1) is 22.7 Å². The van der Waals surface area contributed by atoms with Crippen LogP contribution in [-0.4, -0.2) is 9.13 Å². The van der Waals surface area contributed by atoms with Gasteiger partial charge >= 0.3 is 0 Å². The maximum Gasteiger partial charge on any atom is 0.0998 e. The highest BCUT2D eigenvalue weighted by atomic mass is 32.1. The fourth-order valence-corrected chi connectivity index (χ4v) is 8.94. The smallest absolute Gasteiger partial charge is 0.0998 e. The molecule has 0 fully saturated rings. The molecule has 10 rings (SSSR count). The normalized spacial score (nSPS) is 11.6. The van der Waals surface area contributed by atoms with Gasteiger partial charge < -0.3 is 9.13 Å². The standard InChI is InChI=1S/C44H24N4S/c45-25-27-23-29(47-39-13-5-1-9-33(39)34-10-2-6-14-40(34)47)17-19-31(27)32-20-18-30(24-28(32)26-46)48-41-15-7-3-11-35(41)37-21-22-38-36-12-4-8-16-42(36)49-44(38)43(37)48/h1-24H. The van der Waals surface area contributed by atoms with E-state index in [0.717, 1.165) is 44.6 Å². The van der Waals surface area contributed by atoms with Gasteiger partial charge in [-0.15, -0.1) is 11.3 Å². The number of aromatic nitrogens is 2. The molecule has 0 amide bonds. The topological polar surface area (TPSA) is 57.4 Å². The van der Waals surface area contributed by atoms with Crippen LogP contribution < -0.4 is 0 Å². The third-order valence-corrected chi connectivity index (χ3v) is 11.0. The maximum absolute atomic E-state index is 10.6. The predicted molar refractivity (Wildman–Crippen MR) is 203 cm³/mol. The molecule has 7 aromatic carbocycles. The van der Waals surface area contributed by atoms with Gasteiger partial charge in [0.1, 0.15) is 0 Å². The minimum Gasteiger partial charge on any atom is -0.309 e. The van der Waals surface area contributed by atoms with Gasteiger partial charge in [0, 0.05) is 59.5 Å². The molecule has 10 aromatic rings. The van der Waals surface area contributed by atoms with Crippen molar-refractivity contribution in [3.63, 3.8) is 0 Å². The highest BCUT2D eigenvalue weighted by molar-refractivity contribution is 7.26. The molecule has 0 aliphatic rings. The summed E-state index contributed by atoms with van der Waals surface area (Å²) in [5, 5.41) is 28.2. The Labute approximate surface area is 285 Å². The quantitative estimate of drug-likeness (QED) is 0.193. The van der Waals surface area contributed by atoms with Crippen LogP contribution in [-0.2, 0) is 0 Å². The third-order valence-electron chi connectivity index (χ3n) is 9.81. The molecule has 3 heterocycles. The van der Waals surface area contributed by atoms with E-state index in [1.807, 2.05) is 47.7 Å². The Kier molecular flexibility index (Phi) is 5.84. The summed E-state index contributed by atoms with van der Waals surface area (Å²) >= 11 is 1.81. The molecule has 0 spiro atoms. The second-order valence-corrected chi connectivity index (χ2v) is 13.4. The monoisotopic (exact) mass is 640 g/mol. The van der Waals surface area contributed by atoms with Gasteiger partial charge in [0.2, 0.25) is 0 Å². The molecule has 0 N–H and O–H groups in total. The summed E-state index contributed by atoms with van der Waals surface area (Å²) in [7, 11) is 0. The van der Waals surface area contributed by atoms with Crippen molar-refractivity contribution in [1.29, 1.82) is 10.5 Å². The molecular formula is C44H24N4S. The number of hydrogen-bond acceptors (Lipinski definition) is 3. The molecule has 0 bridgehead atoms. The summed E-state index contributed by atoms with van der Waals surface area (Å²) in [5.41, 5.74) is 8.75. The number of nitrogens with zero attached hydrogens (tertiary/aromatic N) is 4. The van der Waals surface area contributed by atoms with E-state index in [9.17, 15) is 10.5 Å². The Morgan fingerprint density at radius 2 is 0.898 bits per heavy atom. The molecule has 3 aromatic heterocycles. The van der Waals surface area contributed by atoms with Gasteiger partial charge in [0.25, 0.3) is 0 Å². The highest BCUT2D eigenvalue weighted by Crippen LogP contribution is 2.43. The molecule has 0 aliphatic carbocycles. The summed E-state index contributed by atoms with van der Waals surface area (Å²) in [6, 6.07) is 55.1. The molecule has 0 unspecified atom stereocenters. The first-order valence-corrected chi connectivity index (χ1v) is 17.0. The Morgan fingerprint density at radius 1 is 0.429 bits per heavy atom. The fraction of sp³-hybridized carbons (Fsp3) is 0. The predicted octanol–water partition coefficient (Wildman–Crippen LogP) is 11.7. The zero-order valence-corrected chi connectivity index (χ0v) is 26.9. The van der Waals surface area contributed by atoms with Crippen LogP contribution in [0.3, 0.4) is 0 Å². The van der Waals surface area contributed by atoms with Crippen molar-refractivity contribution in [2.24, 2.45) is 0 Å². The van der Waals surface area contributed by atoms with Crippen LogP contribution >= 0.6 is 11.3 Å². The average molecular weight is 641 g/mol. The highest BCUT2D eigenvalue weighted by Gasteiger charge is 2.20. The number of para-hydroxylation sites is 3. The van der Waals surface area contributed by atoms with Gasteiger partial charge in [0.15, 0.2) is 0 Å². The van der Waals surface area contributed by atoms with Crippen molar-refractivity contribution in [1.82, 2.24) is 9.13 Å². The zero-order chi connectivity index (χ0) is 32.6. The number of thiophene rings is 1. The van der Waals surface area contributed by atoms with Gasteiger partial charge in [-0.05, 0) is 48.5 Å². The van der Waals surface area contributed by atoms with Crippen LogP contribution in [0.4, 0.5) is 0 Å². The second-order valence-electron chi connectivity index (χ2n) is 12.3. The Balaban J connectivity index is 1.17. The molecule has 0 radical (unpaired) electrons. The fourth-order valence-electron chi connectivity index (χ4n) is 7.70. The van der Waals surface area contributed by atoms with Gasteiger partial charge in [-0.3, -0.25) is 0 Å². The van der Waals surface area contributed by atoms with Crippen molar-refractivity contribution >= 4 is 75.1 Å². The lowest BCUT2D eigenvalue weighted by molar-refractivity contribution is 1.17. The van der Waals surface area contributed by atoms with Gasteiger partial charge in [-0.1, -0.05) is 97.1 Å². The Bertz CT molecular complexity index is 3030. The second kappa shape index (κ2) is 10.4. The summed E-state index contributed by atoms with van der Waals surface area (Å²) < 4.78 is 6.98. The van der Waals surface area contributed by atoms with E-state index in [2.05, 4.69) is 130 Å². The van der Waals surface area contributed by atoms with E-state index in [1.165, 1.54) is 41.7 Å². The maximum atomic E-state index is 10.6. The lowest BCUT2D eigenvalue weighted by Crippen LogP contribution is -1.98. The van der Waals surface area contributed by atoms with E-state index < -0.39 is 0 Å². The average Bonchev–Trinajstić information content (AvgIpc) is 3.82. The Hall–Kier alpha value is -6.66. The van der Waals surface area contributed by atoms with Crippen molar-refractivity contribution in [2.45, 2.75) is 0 Å². The van der Waals surface area contributed by atoms with Gasteiger partial charge in [-0.2, -0.15) is 10.5 Å². The number of hydrogen-bond donors (Lipinski definition) is 0. The number of benzene rings is 7. The first-order chi connectivity index (χ1) is 24.2. The van der Waals surface area contributed by atoms with E-state index in [-0.39, 0.29) is 0 Å². The van der Waals surface area contributed by atoms with Gasteiger partial charge in [-0.25, -0.2) is 0 Å². The minimum absolute atomic E-state index is 0.521. The van der Waals surface area contributed by atoms with Crippen LogP contribution in [0.15, 0.2) is 146 Å². The lowest BCUT2D eigenvalue weighted by Gasteiger charge is -2.14. The first-order valence-electron chi connectivity index (χ1n) is 16.1. The van der Waals surface area contributed by atoms with Crippen LogP contribution in [0.1, 0.15) is 11.1 Å². The zero-order valence-electron chi connectivity index (χ0n) is 26.1. The molecule has 226 valence electrons. The van der Waals surface area contributed by atoms with E-state index >= 15 is 0 Å². The summed E-state index contributed by atoms with van der Waals surface area (Å²) in [6.07, 6.45) is 0. The molecule has 4 nitrogen and oxygen atoms in total. The van der Waals surface area contributed by atoms with E-state index in [4.69, 9.17) is 0 Å². The van der Waals surface area contributed by atoms with Crippen LogP contribution in [0.25, 0.3) is 86.3 Å². The summed E-state index contributed by atoms with van der Waals surface area (Å²) in [6.45, 7) is 0. The molecule has 0 atom stereocenters. The van der Waals surface area contributed by atoms with Gasteiger partial charge in [0.05, 0.1) is 50.0 Å².